The van der Waals surface area contributed by atoms with Crippen molar-refractivity contribution in [3.05, 3.63) is 0 Å². The number of nitrogens with one attached hydrogen (secondary N) is 2. The Morgan fingerprint density at radius 2 is 2.14 bits per heavy atom. The Morgan fingerprint density at radius 1 is 1.36 bits per heavy atom. The lowest BCUT2D eigenvalue weighted by molar-refractivity contribution is 0.347. The Bertz CT molecular complexity index is 271. The van der Waals surface area contributed by atoms with Crippen molar-refractivity contribution in [2.75, 3.05) is 31.1 Å². The highest BCUT2D eigenvalue weighted by molar-refractivity contribution is 7.92. The van der Waals surface area contributed by atoms with Crippen LogP contribution >= 0.6 is 0 Å². The van der Waals surface area contributed by atoms with Crippen LogP contribution in [0.5, 0.6) is 0 Å². The Kier molecular flexibility index (Phi) is 3.09. The van der Waals surface area contributed by atoms with Crippen molar-refractivity contribution in [3.8, 4) is 0 Å². The van der Waals surface area contributed by atoms with Crippen molar-refractivity contribution in [2.24, 2.45) is 5.92 Å². The highest BCUT2D eigenvalue weighted by atomic mass is 32.2. The number of rotatable bonds is 3. The van der Waals surface area contributed by atoms with E-state index in [9.17, 15) is 8.42 Å². The van der Waals surface area contributed by atoms with Gasteiger partial charge in [0.15, 0.2) is 9.84 Å². The molecule has 82 valence electrons. The van der Waals surface area contributed by atoms with Crippen molar-refractivity contribution in [2.45, 2.75) is 18.9 Å². The Balaban J connectivity index is 1.63. The maximum absolute atomic E-state index is 10.9. The van der Waals surface area contributed by atoms with Crippen LogP contribution in [0.15, 0.2) is 0 Å². The molecule has 0 aromatic heterocycles. The van der Waals surface area contributed by atoms with Gasteiger partial charge in [-0.15, -0.1) is 0 Å². The third-order valence-electron chi connectivity index (χ3n) is 3.00. The molecule has 0 amide bonds. The summed E-state index contributed by atoms with van der Waals surface area (Å²) >= 11 is 0. The summed E-state index contributed by atoms with van der Waals surface area (Å²) in [4.78, 5) is 0. The SMILES string of the molecule is O=S1(=O)CC(NCC2CCCNC2)C1. The van der Waals surface area contributed by atoms with E-state index in [1.54, 1.807) is 0 Å². The van der Waals surface area contributed by atoms with Gasteiger partial charge < -0.3 is 10.6 Å². The second kappa shape index (κ2) is 4.16. The first-order valence-electron chi connectivity index (χ1n) is 5.30. The van der Waals surface area contributed by atoms with Crippen LogP contribution in [0.1, 0.15) is 12.8 Å². The third-order valence-corrected chi connectivity index (χ3v) is 4.82. The number of hydrogen-bond donors (Lipinski definition) is 2. The van der Waals surface area contributed by atoms with Crippen LogP contribution in [0.25, 0.3) is 0 Å². The summed E-state index contributed by atoms with van der Waals surface area (Å²) in [6.07, 6.45) is 2.51. The fraction of sp³-hybridized carbons (Fsp3) is 1.00. The molecule has 1 unspecified atom stereocenters. The van der Waals surface area contributed by atoms with Crippen LogP contribution in [0.3, 0.4) is 0 Å². The average molecular weight is 218 g/mol. The van der Waals surface area contributed by atoms with Gasteiger partial charge in [0.05, 0.1) is 11.5 Å². The van der Waals surface area contributed by atoms with E-state index >= 15 is 0 Å². The van der Waals surface area contributed by atoms with Gasteiger partial charge in [-0.3, -0.25) is 0 Å². The molecule has 5 heteroatoms. The fourth-order valence-electron chi connectivity index (χ4n) is 2.11. The van der Waals surface area contributed by atoms with Crippen LogP contribution in [-0.2, 0) is 9.84 Å². The van der Waals surface area contributed by atoms with Crippen LogP contribution in [0.2, 0.25) is 0 Å². The average Bonchev–Trinajstić information content (AvgIpc) is 2.13. The predicted molar refractivity (Wildman–Crippen MR) is 56.0 cm³/mol. The van der Waals surface area contributed by atoms with Crippen LogP contribution < -0.4 is 10.6 Å². The molecule has 2 saturated heterocycles. The summed E-state index contributed by atoms with van der Waals surface area (Å²) in [7, 11) is -2.66. The van der Waals surface area contributed by atoms with Gasteiger partial charge in [0.2, 0.25) is 0 Å². The number of sulfone groups is 1. The smallest absolute Gasteiger partial charge is 0.153 e. The Hall–Kier alpha value is -0.130. The fourth-order valence-corrected chi connectivity index (χ4v) is 3.48. The summed E-state index contributed by atoms with van der Waals surface area (Å²) in [5.74, 6) is 1.37. The molecule has 0 spiro atoms. The topological polar surface area (TPSA) is 58.2 Å². The molecule has 0 radical (unpaired) electrons. The maximum atomic E-state index is 10.9. The lowest BCUT2D eigenvalue weighted by Crippen LogP contribution is -2.53. The maximum Gasteiger partial charge on any atom is 0.153 e. The number of piperidine rings is 1. The van der Waals surface area contributed by atoms with Gasteiger partial charge in [-0.05, 0) is 38.4 Å². The molecule has 2 rings (SSSR count). The van der Waals surface area contributed by atoms with Crippen molar-refractivity contribution >= 4 is 9.84 Å². The third kappa shape index (κ3) is 2.68. The molecule has 0 saturated carbocycles. The lowest BCUT2D eigenvalue weighted by atomic mass is 9.99. The van der Waals surface area contributed by atoms with E-state index in [0.717, 1.165) is 19.6 Å². The molecule has 14 heavy (non-hydrogen) atoms. The monoisotopic (exact) mass is 218 g/mol. The second-order valence-electron chi connectivity index (χ2n) is 4.39. The van der Waals surface area contributed by atoms with Gasteiger partial charge in [0.1, 0.15) is 0 Å². The number of hydrogen-bond acceptors (Lipinski definition) is 4. The van der Waals surface area contributed by atoms with Crippen molar-refractivity contribution in [1.82, 2.24) is 10.6 Å². The minimum absolute atomic E-state index is 0.224. The quantitative estimate of drug-likeness (QED) is 0.662. The van der Waals surface area contributed by atoms with Gasteiger partial charge in [0.25, 0.3) is 0 Å². The van der Waals surface area contributed by atoms with Gasteiger partial charge in [-0.2, -0.15) is 0 Å². The summed E-state index contributed by atoms with van der Waals surface area (Å²) in [5.41, 5.74) is 0. The first-order chi connectivity index (χ1) is 6.66. The molecular formula is C9H18N2O2S. The molecule has 0 bridgehead atoms. The second-order valence-corrected chi connectivity index (χ2v) is 6.55. The lowest BCUT2D eigenvalue weighted by Gasteiger charge is -2.30. The van der Waals surface area contributed by atoms with Gasteiger partial charge in [-0.25, -0.2) is 8.42 Å². The normalized spacial score (nSPS) is 32.4. The molecule has 2 N–H and O–H groups in total. The largest absolute Gasteiger partial charge is 0.316 e. The van der Waals surface area contributed by atoms with Gasteiger partial charge in [0, 0.05) is 6.04 Å². The van der Waals surface area contributed by atoms with E-state index in [1.807, 2.05) is 0 Å². The van der Waals surface area contributed by atoms with E-state index in [4.69, 9.17) is 0 Å². The zero-order valence-corrected chi connectivity index (χ0v) is 9.15. The first-order valence-corrected chi connectivity index (χ1v) is 7.12. The molecule has 2 heterocycles. The Labute approximate surface area is 85.4 Å². The minimum Gasteiger partial charge on any atom is -0.316 e. The van der Waals surface area contributed by atoms with Crippen molar-refractivity contribution in [3.63, 3.8) is 0 Å². The molecule has 0 aromatic carbocycles. The molecule has 1 atom stereocenters. The summed E-state index contributed by atoms with van der Waals surface area (Å²) in [6.45, 7) is 3.17. The summed E-state index contributed by atoms with van der Waals surface area (Å²) in [6, 6.07) is 0.224. The summed E-state index contributed by atoms with van der Waals surface area (Å²) in [5, 5.41) is 6.68. The van der Waals surface area contributed by atoms with E-state index in [-0.39, 0.29) is 6.04 Å². The van der Waals surface area contributed by atoms with Crippen LogP contribution in [0, 0.1) is 5.92 Å². The van der Waals surface area contributed by atoms with Gasteiger partial charge >= 0.3 is 0 Å². The molecular weight excluding hydrogens is 200 g/mol. The van der Waals surface area contributed by atoms with Gasteiger partial charge in [-0.1, -0.05) is 0 Å². The first kappa shape index (κ1) is 10.4. The van der Waals surface area contributed by atoms with Crippen molar-refractivity contribution in [1.29, 1.82) is 0 Å². The zero-order valence-electron chi connectivity index (χ0n) is 8.33. The standard InChI is InChI=1S/C9H18N2O2S/c12-14(13)6-9(7-14)11-5-8-2-1-3-10-4-8/h8-11H,1-7H2. The molecule has 2 fully saturated rings. The van der Waals surface area contributed by atoms with E-state index in [2.05, 4.69) is 10.6 Å². The van der Waals surface area contributed by atoms with E-state index in [0.29, 0.717) is 17.4 Å². The molecule has 4 nitrogen and oxygen atoms in total. The van der Waals surface area contributed by atoms with Crippen LogP contribution in [0.4, 0.5) is 0 Å². The zero-order chi connectivity index (χ0) is 10.0. The summed E-state index contributed by atoms with van der Waals surface area (Å²) < 4.78 is 21.8. The van der Waals surface area contributed by atoms with Crippen LogP contribution in [-0.4, -0.2) is 45.6 Å². The van der Waals surface area contributed by atoms with E-state index < -0.39 is 9.84 Å². The highest BCUT2D eigenvalue weighted by Crippen LogP contribution is 2.13. The van der Waals surface area contributed by atoms with Crippen molar-refractivity contribution < 1.29 is 8.42 Å². The molecule has 2 aliphatic rings. The predicted octanol–water partition coefficient (Wildman–Crippen LogP) is -0.627. The Morgan fingerprint density at radius 3 is 2.71 bits per heavy atom. The van der Waals surface area contributed by atoms with E-state index in [1.165, 1.54) is 12.8 Å². The molecule has 2 aliphatic heterocycles. The molecule has 0 aromatic rings. The minimum atomic E-state index is -2.66. The highest BCUT2D eigenvalue weighted by Gasteiger charge is 2.33. The molecule has 0 aliphatic carbocycles.